The minimum atomic E-state index is -0.999. The summed E-state index contributed by atoms with van der Waals surface area (Å²) in [4.78, 5) is 0. The normalized spacial score (nSPS) is 17.1. The van der Waals surface area contributed by atoms with E-state index in [1.165, 1.54) is 51.4 Å². The third kappa shape index (κ3) is 9.17. The first-order valence-electron chi connectivity index (χ1n) is 6.99. The third-order valence-corrected chi connectivity index (χ3v) is 3.49. The molecule has 0 aliphatic heterocycles. The second kappa shape index (κ2) is 9.00. The summed E-state index contributed by atoms with van der Waals surface area (Å²) < 4.78 is 0. The average molecular weight is 229 g/mol. The number of nitrogens with two attached hydrogens (primary N) is 1. The highest BCUT2D eigenvalue weighted by atomic mass is 16.3. The maximum Gasteiger partial charge on any atom is 0.113 e. The highest BCUT2D eigenvalue weighted by Gasteiger charge is 2.21. The van der Waals surface area contributed by atoms with E-state index in [4.69, 9.17) is 5.73 Å². The van der Waals surface area contributed by atoms with Gasteiger partial charge in [-0.3, -0.25) is 0 Å². The first-order chi connectivity index (χ1) is 7.48. The van der Waals surface area contributed by atoms with Gasteiger partial charge in [-0.05, 0) is 19.3 Å². The summed E-state index contributed by atoms with van der Waals surface area (Å²) in [6.07, 6.45) is 11.7. The zero-order chi connectivity index (χ0) is 12.4. The minimum absolute atomic E-state index is 0.201. The highest BCUT2D eigenvalue weighted by molar-refractivity contribution is 4.71. The van der Waals surface area contributed by atoms with E-state index in [1.807, 2.05) is 6.92 Å². The van der Waals surface area contributed by atoms with Gasteiger partial charge in [0.15, 0.2) is 0 Å². The van der Waals surface area contributed by atoms with Crippen molar-refractivity contribution in [3.05, 3.63) is 0 Å². The predicted molar refractivity (Wildman–Crippen MR) is 71.2 cm³/mol. The van der Waals surface area contributed by atoms with Crippen LogP contribution in [0.1, 0.15) is 78.6 Å². The molecular weight excluding hydrogens is 198 g/mol. The van der Waals surface area contributed by atoms with Crippen LogP contribution in [0.5, 0.6) is 0 Å². The first-order valence-corrected chi connectivity index (χ1v) is 6.99. The Hall–Kier alpha value is -0.0800. The molecular formula is C14H31NO. The predicted octanol–water partition coefficient (Wildman–Crippen LogP) is 3.82. The fourth-order valence-corrected chi connectivity index (χ4v) is 1.88. The molecule has 0 heterocycles. The van der Waals surface area contributed by atoms with Crippen LogP contribution in [0, 0.1) is 5.92 Å². The van der Waals surface area contributed by atoms with Crippen LogP contribution in [0.3, 0.4) is 0 Å². The number of unbranched alkanes of at least 4 members (excludes halogenated alkanes) is 7. The van der Waals surface area contributed by atoms with Gasteiger partial charge in [0.1, 0.15) is 5.72 Å². The lowest BCUT2D eigenvalue weighted by Gasteiger charge is -2.25. The van der Waals surface area contributed by atoms with Crippen LogP contribution in [-0.4, -0.2) is 10.8 Å². The van der Waals surface area contributed by atoms with Crippen molar-refractivity contribution in [3.63, 3.8) is 0 Å². The fraction of sp³-hybridized carbons (Fsp3) is 1.00. The number of hydrogen-bond donors (Lipinski definition) is 2. The Kier molecular flexibility index (Phi) is 8.96. The summed E-state index contributed by atoms with van der Waals surface area (Å²) in [7, 11) is 0. The molecule has 0 fully saturated rings. The molecule has 0 spiro atoms. The van der Waals surface area contributed by atoms with Gasteiger partial charge in [0.25, 0.3) is 0 Å². The molecule has 2 atom stereocenters. The van der Waals surface area contributed by atoms with Crippen molar-refractivity contribution in [2.24, 2.45) is 11.7 Å². The largest absolute Gasteiger partial charge is 0.376 e. The molecule has 0 bridgehead atoms. The zero-order valence-electron chi connectivity index (χ0n) is 11.5. The SMILES string of the molecule is CCCCCCCCCCC(C)C(C)(N)O. The summed E-state index contributed by atoms with van der Waals surface area (Å²) in [5, 5.41) is 9.56. The molecule has 2 unspecified atom stereocenters. The van der Waals surface area contributed by atoms with E-state index >= 15 is 0 Å². The van der Waals surface area contributed by atoms with Gasteiger partial charge >= 0.3 is 0 Å². The highest BCUT2D eigenvalue weighted by Crippen LogP contribution is 2.18. The van der Waals surface area contributed by atoms with Crippen LogP contribution in [0.2, 0.25) is 0 Å². The molecule has 0 rings (SSSR count). The molecule has 0 radical (unpaired) electrons. The first kappa shape index (κ1) is 15.9. The zero-order valence-corrected chi connectivity index (χ0v) is 11.5. The average Bonchev–Trinajstić information content (AvgIpc) is 2.20. The van der Waals surface area contributed by atoms with Gasteiger partial charge in [-0.15, -0.1) is 0 Å². The maximum atomic E-state index is 9.56. The topological polar surface area (TPSA) is 46.2 Å². The molecule has 2 heteroatoms. The lowest BCUT2D eigenvalue weighted by molar-refractivity contribution is 0.00810. The van der Waals surface area contributed by atoms with Gasteiger partial charge in [-0.1, -0.05) is 65.2 Å². The van der Waals surface area contributed by atoms with Gasteiger partial charge in [-0.25, -0.2) is 0 Å². The number of rotatable bonds is 10. The van der Waals surface area contributed by atoms with Gasteiger partial charge in [0.2, 0.25) is 0 Å². The Labute approximate surface area is 102 Å². The van der Waals surface area contributed by atoms with E-state index in [0.29, 0.717) is 0 Å². The van der Waals surface area contributed by atoms with Crippen LogP contribution in [-0.2, 0) is 0 Å². The molecule has 0 aliphatic rings. The quantitative estimate of drug-likeness (QED) is 0.442. The van der Waals surface area contributed by atoms with E-state index in [9.17, 15) is 5.11 Å². The Morgan fingerprint density at radius 2 is 1.44 bits per heavy atom. The van der Waals surface area contributed by atoms with Crippen LogP contribution >= 0.6 is 0 Å². The monoisotopic (exact) mass is 229 g/mol. The fourth-order valence-electron chi connectivity index (χ4n) is 1.88. The van der Waals surface area contributed by atoms with Gasteiger partial charge in [-0.2, -0.15) is 0 Å². The molecule has 16 heavy (non-hydrogen) atoms. The van der Waals surface area contributed by atoms with Crippen molar-refractivity contribution in [2.75, 3.05) is 0 Å². The number of aliphatic hydroxyl groups is 1. The van der Waals surface area contributed by atoms with Crippen LogP contribution < -0.4 is 5.73 Å². The van der Waals surface area contributed by atoms with Crippen molar-refractivity contribution in [2.45, 2.75) is 84.3 Å². The van der Waals surface area contributed by atoms with Crippen molar-refractivity contribution in [1.82, 2.24) is 0 Å². The summed E-state index contributed by atoms with van der Waals surface area (Å²) in [5.74, 6) is 0.201. The van der Waals surface area contributed by atoms with Gasteiger partial charge in [0, 0.05) is 0 Å². The Bertz CT molecular complexity index is 151. The molecule has 0 aromatic heterocycles. The van der Waals surface area contributed by atoms with Gasteiger partial charge in [0.05, 0.1) is 0 Å². The lowest BCUT2D eigenvalue weighted by Crippen LogP contribution is -2.42. The summed E-state index contributed by atoms with van der Waals surface area (Å²) in [5.41, 5.74) is 4.63. The minimum Gasteiger partial charge on any atom is -0.376 e. The van der Waals surface area contributed by atoms with Crippen molar-refractivity contribution < 1.29 is 5.11 Å². The number of hydrogen-bond acceptors (Lipinski definition) is 2. The molecule has 0 amide bonds. The second-order valence-electron chi connectivity index (χ2n) is 5.39. The smallest absolute Gasteiger partial charge is 0.113 e. The van der Waals surface area contributed by atoms with Gasteiger partial charge < -0.3 is 10.8 Å². The molecule has 3 N–H and O–H groups in total. The molecule has 2 nitrogen and oxygen atoms in total. The van der Waals surface area contributed by atoms with E-state index < -0.39 is 5.72 Å². The molecule has 0 saturated carbocycles. The third-order valence-electron chi connectivity index (χ3n) is 3.49. The summed E-state index contributed by atoms with van der Waals surface area (Å²) >= 11 is 0. The molecule has 0 aromatic carbocycles. The van der Waals surface area contributed by atoms with E-state index in [0.717, 1.165) is 6.42 Å². The van der Waals surface area contributed by atoms with Crippen LogP contribution in [0.25, 0.3) is 0 Å². The summed E-state index contributed by atoms with van der Waals surface area (Å²) in [6.45, 7) is 5.98. The second-order valence-corrected chi connectivity index (χ2v) is 5.39. The standard InChI is InChI=1S/C14H31NO/c1-4-5-6-7-8-9-10-11-12-13(2)14(3,15)16/h13,16H,4-12,15H2,1-3H3. The van der Waals surface area contributed by atoms with Crippen molar-refractivity contribution in [3.8, 4) is 0 Å². The van der Waals surface area contributed by atoms with Crippen molar-refractivity contribution in [1.29, 1.82) is 0 Å². The van der Waals surface area contributed by atoms with E-state index in [-0.39, 0.29) is 5.92 Å². The van der Waals surface area contributed by atoms with Crippen LogP contribution in [0.4, 0.5) is 0 Å². The summed E-state index contributed by atoms with van der Waals surface area (Å²) in [6, 6.07) is 0. The molecule has 98 valence electrons. The Morgan fingerprint density at radius 1 is 1.00 bits per heavy atom. The van der Waals surface area contributed by atoms with E-state index in [1.54, 1.807) is 6.92 Å². The molecule has 0 aliphatic carbocycles. The maximum absolute atomic E-state index is 9.56. The van der Waals surface area contributed by atoms with E-state index in [2.05, 4.69) is 6.92 Å². The molecule has 0 saturated heterocycles. The lowest BCUT2D eigenvalue weighted by atomic mass is 9.93. The van der Waals surface area contributed by atoms with Crippen molar-refractivity contribution >= 4 is 0 Å². The Balaban J connectivity index is 3.21. The van der Waals surface area contributed by atoms with Crippen LogP contribution in [0.15, 0.2) is 0 Å². The molecule has 0 aromatic rings. The Morgan fingerprint density at radius 3 is 1.88 bits per heavy atom.